The number of aliphatic hydroxyl groups is 1. The average molecular weight is 461 g/mol. The van der Waals surface area contributed by atoms with Crippen molar-refractivity contribution >= 4 is 11.5 Å². The van der Waals surface area contributed by atoms with Crippen molar-refractivity contribution in [2.75, 3.05) is 20.3 Å². The number of methoxy groups -OCH3 is 1. The molecule has 2 aliphatic heterocycles. The number of hydrogen-bond donors (Lipinski definition) is 1. The third-order valence-corrected chi connectivity index (χ3v) is 6.55. The summed E-state index contributed by atoms with van der Waals surface area (Å²) in [6, 6.07) is 12.5. The van der Waals surface area contributed by atoms with E-state index >= 15 is 0 Å². The molecule has 8 heteroatoms. The molecule has 0 aliphatic carbocycles. The molecule has 0 bridgehead atoms. The zero-order chi connectivity index (χ0) is 23.5. The first-order valence-corrected chi connectivity index (χ1v) is 11.7. The number of benzene rings is 2. The molecule has 3 heterocycles. The molecule has 0 saturated carbocycles. The molecular formula is C26H28N4O4. The minimum atomic E-state index is -0.708. The van der Waals surface area contributed by atoms with Crippen molar-refractivity contribution in [2.24, 2.45) is 10.2 Å². The summed E-state index contributed by atoms with van der Waals surface area (Å²) in [5, 5.41) is 22.9. The lowest BCUT2D eigenvalue weighted by atomic mass is 9.83. The fraction of sp³-hybridized carbons (Fsp3) is 0.385. The number of rotatable bonds is 7. The van der Waals surface area contributed by atoms with Gasteiger partial charge in [0.1, 0.15) is 18.0 Å². The Bertz CT molecular complexity index is 1200. The molecule has 8 nitrogen and oxygen atoms in total. The van der Waals surface area contributed by atoms with Gasteiger partial charge < -0.3 is 14.6 Å². The summed E-state index contributed by atoms with van der Waals surface area (Å²) >= 11 is 0. The molecule has 5 rings (SSSR count). The summed E-state index contributed by atoms with van der Waals surface area (Å²) in [4.78, 5) is 13.6. The molecule has 3 aromatic rings. The van der Waals surface area contributed by atoms with Crippen LogP contribution in [0.15, 0.2) is 65.1 Å². The zero-order valence-electron chi connectivity index (χ0n) is 19.1. The van der Waals surface area contributed by atoms with Crippen LogP contribution >= 0.6 is 0 Å². The Kier molecular flexibility index (Phi) is 6.51. The van der Waals surface area contributed by atoms with Crippen molar-refractivity contribution in [3.05, 3.63) is 66.0 Å². The predicted molar refractivity (Wildman–Crippen MR) is 127 cm³/mol. The Hall–Kier alpha value is -3.36. The zero-order valence-corrected chi connectivity index (χ0v) is 19.1. The van der Waals surface area contributed by atoms with Crippen LogP contribution in [0.25, 0.3) is 11.1 Å². The second-order valence-corrected chi connectivity index (χ2v) is 8.68. The number of azo groups is 1. The van der Waals surface area contributed by atoms with Crippen LogP contribution in [-0.2, 0) is 4.74 Å². The molecule has 176 valence electrons. The van der Waals surface area contributed by atoms with Crippen LogP contribution in [0.1, 0.15) is 53.8 Å². The maximum Gasteiger partial charge on any atom is 0.192 e. The predicted octanol–water partition coefficient (Wildman–Crippen LogP) is 5.07. The van der Waals surface area contributed by atoms with E-state index in [4.69, 9.17) is 9.47 Å². The Morgan fingerprint density at radius 3 is 2.91 bits per heavy atom. The molecule has 1 aromatic heterocycles. The van der Waals surface area contributed by atoms with Crippen LogP contribution in [0.3, 0.4) is 0 Å². The fourth-order valence-corrected chi connectivity index (χ4v) is 4.69. The highest BCUT2D eigenvalue weighted by Crippen LogP contribution is 2.37. The quantitative estimate of drug-likeness (QED) is 0.531. The largest absolute Gasteiger partial charge is 0.497 e. The number of aliphatic hydroxyl groups excluding tert-OH is 1. The van der Waals surface area contributed by atoms with Crippen molar-refractivity contribution in [3.63, 3.8) is 0 Å². The van der Waals surface area contributed by atoms with Gasteiger partial charge in [0.25, 0.3) is 0 Å². The van der Waals surface area contributed by atoms with Crippen molar-refractivity contribution in [2.45, 2.75) is 43.9 Å². The summed E-state index contributed by atoms with van der Waals surface area (Å²) in [5.74, 6) is 0.290. The van der Waals surface area contributed by atoms with Gasteiger partial charge in [0.05, 0.1) is 19.0 Å². The lowest BCUT2D eigenvalue weighted by Crippen LogP contribution is -2.29. The topological polar surface area (TPSA) is 98.3 Å². The van der Waals surface area contributed by atoms with Gasteiger partial charge in [-0.05, 0) is 61.1 Å². The van der Waals surface area contributed by atoms with Crippen LogP contribution in [-0.4, -0.2) is 47.0 Å². The van der Waals surface area contributed by atoms with Crippen LogP contribution < -0.4 is 4.74 Å². The standard InChI is InChI=1S/C26H28N4O4/c1-33-20-6-4-5-18(13-20)21(10-11-31)25-26(32)22-14-17(8-9-23(22)28-29-25)19-15-27-30(16-19)24-7-2-3-12-34-24/h4-6,8-9,13-16,21,24-25,31H,2-3,7,10-12H2,1H3. The van der Waals surface area contributed by atoms with Gasteiger partial charge >= 0.3 is 0 Å². The average Bonchev–Trinajstić information content (AvgIpc) is 3.39. The molecule has 3 atom stereocenters. The summed E-state index contributed by atoms with van der Waals surface area (Å²) < 4.78 is 13.0. The Morgan fingerprint density at radius 2 is 2.12 bits per heavy atom. The Balaban J connectivity index is 1.43. The maximum atomic E-state index is 13.6. The molecule has 1 saturated heterocycles. The van der Waals surface area contributed by atoms with Crippen molar-refractivity contribution in [1.82, 2.24) is 9.78 Å². The van der Waals surface area contributed by atoms with Crippen LogP contribution in [0.5, 0.6) is 5.75 Å². The number of carbonyl (C=O) groups is 1. The SMILES string of the molecule is COc1cccc(C(CCO)C2N=Nc3ccc(-c4cnn(C5CCCCO5)c4)cc3C2=O)c1. The molecule has 0 radical (unpaired) electrons. The molecule has 1 fully saturated rings. The number of hydrogen-bond acceptors (Lipinski definition) is 7. The van der Waals surface area contributed by atoms with Gasteiger partial charge in [-0.15, -0.1) is 0 Å². The number of ether oxygens (including phenoxy) is 2. The van der Waals surface area contributed by atoms with Crippen molar-refractivity contribution in [1.29, 1.82) is 0 Å². The Morgan fingerprint density at radius 1 is 1.21 bits per heavy atom. The van der Waals surface area contributed by atoms with Crippen molar-refractivity contribution in [3.8, 4) is 16.9 Å². The molecule has 2 aromatic carbocycles. The third-order valence-electron chi connectivity index (χ3n) is 6.55. The minimum Gasteiger partial charge on any atom is -0.497 e. The maximum absolute atomic E-state index is 13.6. The summed E-state index contributed by atoms with van der Waals surface area (Å²) in [6.07, 6.45) is 7.28. The lowest BCUT2D eigenvalue weighted by molar-refractivity contribution is -0.0394. The highest BCUT2D eigenvalue weighted by Gasteiger charge is 2.34. The van der Waals surface area contributed by atoms with Gasteiger partial charge in [0.15, 0.2) is 5.78 Å². The van der Waals surface area contributed by atoms with Crippen LogP contribution in [0, 0.1) is 0 Å². The number of Topliss-reactive ketones (excluding diaryl/α,β-unsaturated/α-hetero) is 1. The number of nitrogens with zero attached hydrogens (tertiary/aromatic N) is 4. The van der Waals surface area contributed by atoms with Gasteiger partial charge in [-0.3, -0.25) is 4.79 Å². The smallest absolute Gasteiger partial charge is 0.192 e. The highest BCUT2D eigenvalue weighted by atomic mass is 16.5. The molecule has 1 N–H and O–H groups in total. The van der Waals surface area contributed by atoms with Gasteiger partial charge in [-0.1, -0.05) is 18.2 Å². The first-order chi connectivity index (χ1) is 16.7. The highest BCUT2D eigenvalue weighted by molar-refractivity contribution is 6.06. The fourth-order valence-electron chi connectivity index (χ4n) is 4.69. The van der Waals surface area contributed by atoms with E-state index in [1.165, 1.54) is 0 Å². The van der Waals surface area contributed by atoms with E-state index in [2.05, 4.69) is 15.3 Å². The van der Waals surface area contributed by atoms with E-state index < -0.39 is 6.04 Å². The summed E-state index contributed by atoms with van der Waals surface area (Å²) in [7, 11) is 1.60. The molecule has 0 amide bonds. The van der Waals surface area contributed by atoms with Gasteiger partial charge in [0.2, 0.25) is 0 Å². The molecule has 0 spiro atoms. The molecule has 2 aliphatic rings. The summed E-state index contributed by atoms with van der Waals surface area (Å²) in [5.41, 5.74) is 3.79. The van der Waals surface area contributed by atoms with E-state index in [9.17, 15) is 9.90 Å². The number of carbonyl (C=O) groups excluding carboxylic acids is 1. The van der Waals surface area contributed by atoms with E-state index in [0.29, 0.717) is 23.4 Å². The van der Waals surface area contributed by atoms with Crippen molar-refractivity contribution < 1.29 is 19.4 Å². The van der Waals surface area contributed by atoms with E-state index in [-0.39, 0.29) is 24.5 Å². The molecule has 3 unspecified atom stereocenters. The number of aromatic nitrogens is 2. The summed E-state index contributed by atoms with van der Waals surface area (Å²) in [6.45, 7) is 0.693. The van der Waals surface area contributed by atoms with Gasteiger partial charge in [-0.25, -0.2) is 4.68 Å². The van der Waals surface area contributed by atoms with Crippen LogP contribution in [0.2, 0.25) is 0 Å². The minimum absolute atomic E-state index is 0.0398. The molecule has 34 heavy (non-hydrogen) atoms. The normalized spacial score (nSPS) is 20.7. The molecular weight excluding hydrogens is 432 g/mol. The van der Waals surface area contributed by atoms with E-state index in [1.54, 1.807) is 13.3 Å². The monoisotopic (exact) mass is 460 g/mol. The van der Waals surface area contributed by atoms with Crippen LogP contribution in [0.4, 0.5) is 5.69 Å². The van der Waals surface area contributed by atoms with Gasteiger partial charge in [-0.2, -0.15) is 15.3 Å². The van der Waals surface area contributed by atoms with E-state index in [1.807, 2.05) is 53.3 Å². The van der Waals surface area contributed by atoms with Gasteiger partial charge in [0, 0.05) is 36.5 Å². The van der Waals surface area contributed by atoms with E-state index in [0.717, 1.165) is 42.6 Å². The second-order valence-electron chi connectivity index (χ2n) is 8.68. The number of fused-ring (bicyclic) bond motifs is 1. The lowest BCUT2D eigenvalue weighted by Gasteiger charge is -2.25. The Labute approximate surface area is 198 Å². The number of ketones is 1. The second kappa shape index (κ2) is 9.87. The first-order valence-electron chi connectivity index (χ1n) is 11.7. The first kappa shape index (κ1) is 22.4. The third kappa shape index (κ3) is 4.38.